The van der Waals surface area contributed by atoms with Crippen molar-refractivity contribution in [2.45, 2.75) is 26.7 Å². The molecule has 0 saturated heterocycles. The van der Waals surface area contributed by atoms with Gasteiger partial charge in [-0.15, -0.1) is 0 Å². The first-order chi connectivity index (χ1) is 10.6. The molecule has 0 aliphatic carbocycles. The van der Waals surface area contributed by atoms with Gasteiger partial charge in [0.1, 0.15) is 0 Å². The summed E-state index contributed by atoms with van der Waals surface area (Å²) in [5.74, 6) is -0.0160. The van der Waals surface area contributed by atoms with Gasteiger partial charge in [-0.2, -0.15) is 0 Å². The highest BCUT2D eigenvalue weighted by Crippen LogP contribution is 2.15. The van der Waals surface area contributed by atoms with Gasteiger partial charge in [0, 0.05) is 17.4 Å². The maximum absolute atomic E-state index is 11.8. The fourth-order valence-electron chi connectivity index (χ4n) is 1.89. The van der Waals surface area contributed by atoms with Crippen LogP contribution in [0.5, 0.6) is 0 Å². The van der Waals surface area contributed by atoms with E-state index < -0.39 is 0 Å². The molecular formula is C16H19N3O3. The smallest absolute Gasteiger partial charge is 0.338 e. The van der Waals surface area contributed by atoms with Crippen molar-refractivity contribution in [3.8, 4) is 0 Å². The molecule has 0 bridgehead atoms. The summed E-state index contributed by atoms with van der Waals surface area (Å²) in [5.41, 5.74) is 1.59. The highest BCUT2D eigenvalue weighted by molar-refractivity contribution is 5.90. The van der Waals surface area contributed by atoms with Crippen molar-refractivity contribution in [2.24, 2.45) is 0 Å². The standard InChI is InChI=1S/C16H19N3O3/c1-3-8-22-15(21)11-6-5-7-13(9-11)18-16-17-12(4-2)10-14(20)19-16/h5-7,9-10H,3-4,8H2,1-2H3,(H2,17,18,19,20). The molecule has 1 aromatic heterocycles. The number of nitrogens with zero attached hydrogens (tertiary/aromatic N) is 1. The van der Waals surface area contributed by atoms with Crippen molar-refractivity contribution < 1.29 is 9.53 Å². The molecule has 0 unspecified atom stereocenters. The fourth-order valence-corrected chi connectivity index (χ4v) is 1.89. The van der Waals surface area contributed by atoms with E-state index in [4.69, 9.17) is 4.74 Å². The molecule has 116 valence electrons. The molecule has 1 heterocycles. The van der Waals surface area contributed by atoms with Crippen LogP contribution >= 0.6 is 0 Å². The maximum Gasteiger partial charge on any atom is 0.338 e. The van der Waals surface area contributed by atoms with E-state index in [0.717, 1.165) is 6.42 Å². The molecule has 0 atom stereocenters. The molecule has 0 aliphatic heterocycles. The van der Waals surface area contributed by atoms with E-state index in [-0.39, 0.29) is 11.5 Å². The van der Waals surface area contributed by atoms with Gasteiger partial charge in [-0.3, -0.25) is 9.78 Å². The molecule has 22 heavy (non-hydrogen) atoms. The van der Waals surface area contributed by atoms with Crippen LogP contribution in [0.3, 0.4) is 0 Å². The van der Waals surface area contributed by atoms with Gasteiger partial charge in [0.2, 0.25) is 5.95 Å². The second-order valence-electron chi connectivity index (χ2n) is 4.78. The third-order valence-electron chi connectivity index (χ3n) is 2.96. The first kappa shape index (κ1) is 15.8. The van der Waals surface area contributed by atoms with Gasteiger partial charge in [0.25, 0.3) is 5.56 Å². The zero-order valence-electron chi connectivity index (χ0n) is 12.7. The van der Waals surface area contributed by atoms with Crippen LogP contribution in [-0.4, -0.2) is 22.5 Å². The summed E-state index contributed by atoms with van der Waals surface area (Å²) < 4.78 is 5.10. The van der Waals surface area contributed by atoms with Crippen LogP contribution in [0.25, 0.3) is 0 Å². The van der Waals surface area contributed by atoms with Gasteiger partial charge in [-0.05, 0) is 31.0 Å². The lowest BCUT2D eigenvalue weighted by atomic mass is 10.2. The Kier molecular flexibility index (Phi) is 5.30. The van der Waals surface area contributed by atoms with Gasteiger partial charge in [-0.25, -0.2) is 9.78 Å². The molecule has 0 spiro atoms. The third kappa shape index (κ3) is 4.18. The van der Waals surface area contributed by atoms with Crippen molar-refractivity contribution in [3.05, 3.63) is 51.9 Å². The number of esters is 1. The minimum atomic E-state index is -0.366. The SMILES string of the molecule is CCCOC(=O)c1cccc(Nc2nc(CC)cc(=O)[nH]2)c1. The summed E-state index contributed by atoms with van der Waals surface area (Å²) in [6, 6.07) is 8.34. The van der Waals surface area contributed by atoms with Crippen molar-refractivity contribution in [3.63, 3.8) is 0 Å². The Morgan fingerprint density at radius 2 is 2.14 bits per heavy atom. The van der Waals surface area contributed by atoms with E-state index in [1.807, 2.05) is 13.8 Å². The van der Waals surface area contributed by atoms with E-state index in [1.54, 1.807) is 24.3 Å². The number of carbonyl (C=O) groups is 1. The predicted octanol–water partition coefficient (Wildman–Crippen LogP) is 2.64. The Hall–Kier alpha value is -2.63. The Balaban J connectivity index is 2.18. The van der Waals surface area contributed by atoms with E-state index in [9.17, 15) is 9.59 Å². The van der Waals surface area contributed by atoms with Crippen LogP contribution < -0.4 is 10.9 Å². The summed E-state index contributed by atoms with van der Waals surface area (Å²) in [7, 11) is 0. The van der Waals surface area contributed by atoms with Crippen LogP contribution in [0.4, 0.5) is 11.6 Å². The Bertz CT molecular complexity index is 710. The third-order valence-corrected chi connectivity index (χ3v) is 2.96. The van der Waals surface area contributed by atoms with E-state index in [0.29, 0.717) is 35.9 Å². The topological polar surface area (TPSA) is 84.1 Å². The Morgan fingerprint density at radius 1 is 1.32 bits per heavy atom. The molecule has 0 radical (unpaired) electrons. The number of H-pyrrole nitrogens is 1. The zero-order chi connectivity index (χ0) is 15.9. The lowest BCUT2D eigenvalue weighted by Gasteiger charge is -2.08. The summed E-state index contributed by atoms with van der Waals surface area (Å²) in [6.07, 6.45) is 1.45. The quantitative estimate of drug-likeness (QED) is 0.801. The number of ether oxygens (including phenoxy) is 1. The van der Waals surface area contributed by atoms with E-state index in [1.165, 1.54) is 6.07 Å². The number of rotatable bonds is 6. The molecular weight excluding hydrogens is 282 g/mol. The van der Waals surface area contributed by atoms with Crippen LogP contribution in [0.1, 0.15) is 36.3 Å². The van der Waals surface area contributed by atoms with Gasteiger partial charge >= 0.3 is 5.97 Å². The molecule has 0 aliphatic rings. The Labute approximate surface area is 128 Å². The van der Waals surface area contributed by atoms with Crippen molar-refractivity contribution in [1.29, 1.82) is 0 Å². The molecule has 6 heteroatoms. The number of anilines is 2. The van der Waals surface area contributed by atoms with Gasteiger partial charge in [0.05, 0.1) is 12.2 Å². The number of carbonyl (C=O) groups excluding carboxylic acids is 1. The highest BCUT2D eigenvalue weighted by Gasteiger charge is 2.08. The normalized spacial score (nSPS) is 10.3. The largest absolute Gasteiger partial charge is 0.462 e. The van der Waals surface area contributed by atoms with E-state index >= 15 is 0 Å². The molecule has 0 amide bonds. The van der Waals surface area contributed by atoms with Crippen LogP contribution in [-0.2, 0) is 11.2 Å². The fraction of sp³-hybridized carbons (Fsp3) is 0.312. The van der Waals surface area contributed by atoms with E-state index in [2.05, 4.69) is 15.3 Å². The Morgan fingerprint density at radius 3 is 2.86 bits per heavy atom. The lowest BCUT2D eigenvalue weighted by Crippen LogP contribution is -2.12. The summed E-state index contributed by atoms with van der Waals surface area (Å²) in [6.45, 7) is 4.26. The zero-order valence-corrected chi connectivity index (χ0v) is 12.7. The highest BCUT2D eigenvalue weighted by atomic mass is 16.5. The minimum Gasteiger partial charge on any atom is -0.462 e. The second kappa shape index (κ2) is 7.40. The number of aromatic amines is 1. The predicted molar refractivity (Wildman–Crippen MR) is 84.5 cm³/mol. The first-order valence-electron chi connectivity index (χ1n) is 7.26. The molecule has 2 rings (SSSR count). The summed E-state index contributed by atoms with van der Waals surface area (Å²) >= 11 is 0. The van der Waals surface area contributed by atoms with Gasteiger partial charge in [-0.1, -0.05) is 19.9 Å². The average Bonchev–Trinajstić information content (AvgIpc) is 2.52. The van der Waals surface area contributed by atoms with Crippen LogP contribution in [0, 0.1) is 0 Å². The van der Waals surface area contributed by atoms with Crippen molar-refractivity contribution >= 4 is 17.6 Å². The van der Waals surface area contributed by atoms with Crippen molar-refractivity contribution in [1.82, 2.24) is 9.97 Å². The number of hydrogen-bond acceptors (Lipinski definition) is 5. The molecule has 0 saturated carbocycles. The minimum absolute atomic E-state index is 0.215. The molecule has 2 N–H and O–H groups in total. The molecule has 1 aromatic carbocycles. The number of hydrogen-bond donors (Lipinski definition) is 2. The number of benzene rings is 1. The molecule has 2 aromatic rings. The van der Waals surface area contributed by atoms with Crippen LogP contribution in [0.2, 0.25) is 0 Å². The van der Waals surface area contributed by atoms with Gasteiger partial charge in [0.15, 0.2) is 0 Å². The van der Waals surface area contributed by atoms with Gasteiger partial charge < -0.3 is 10.1 Å². The number of aryl methyl sites for hydroxylation is 1. The number of nitrogens with one attached hydrogen (secondary N) is 2. The van der Waals surface area contributed by atoms with Crippen LogP contribution in [0.15, 0.2) is 35.1 Å². The number of aromatic nitrogens is 2. The molecule has 6 nitrogen and oxygen atoms in total. The second-order valence-corrected chi connectivity index (χ2v) is 4.78. The lowest BCUT2D eigenvalue weighted by molar-refractivity contribution is 0.0505. The van der Waals surface area contributed by atoms with Crippen molar-refractivity contribution in [2.75, 3.05) is 11.9 Å². The maximum atomic E-state index is 11.8. The first-order valence-corrected chi connectivity index (χ1v) is 7.26. The molecule has 0 fully saturated rings. The summed E-state index contributed by atoms with van der Waals surface area (Å²) in [4.78, 5) is 30.3. The summed E-state index contributed by atoms with van der Waals surface area (Å²) in [5, 5.41) is 3.00. The average molecular weight is 301 g/mol. The monoisotopic (exact) mass is 301 g/mol.